The molecule has 0 aliphatic heterocycles. The lowest BCUT2D eigenvalue weighted by Gasteiger charge is -2.06. The molecule has 0 saturated heterocycles. The maximum atomic E-state index is 6.00. The first kappa shape index (κ1) is 11.3. The van der Waals surface area contributed by atoms with E-state index in [1.807, 2.05) is 0 Å². The second-order valence-corrected chi connectivity index (χ2v) is 4.51. The van der Waals surface area contributed by atoms with Crippen molar-refractivity contribution in [1.29, 1.82) is 0 Å². The second kappa shape index (κ2) is 4.12. The molecule has 2 heterocycles. The van der Waals surface area contributed by atoms with Gasteiger partial charge in [0, 0.05) is 16.8 Å². The number of hydrogen-bond donors (Lipinski definition) is 1. The first-order valence-corrected chi connectivity index (χ1v) is 5.84. The summed E-state index contributed by atoms with van der Waals surface area (Å²) in [4.78, 5) is 0. The lowest BCUT2D eigenvalue weighted by Crippen LogP contribution is -1.98. The molecule has 0 atom stereocenters. The number of aromatic nitrogens is 4. The summed E-state index contributed by atoms with van der Waals surface area (Å²) in [5.41, 5.74) is 7.58. The summed E-state index contributed by atoms with van der Waals surface area (Å²) in [5, 5.41) is 13.1. The number of nitrogens with two attached hydrogens (primary N) is 1. The number of rotatable bonds is 1. The van der Waals surface area contributed by atoms with Crippen molar-refractivity contribution < 1.29 is 0 Å². The van der Waals surface area contributed by atoms with E-state index in [1.165, 1.54) is 0 Å². The molecule has 3 aromatic rings. The molecule has 0 amide bonds. The molecule has 0 spiro atoms. The fourth-order valence-corrected chi connectivity index (χ4v) is 2.17. The minimum atomic E-state index is 0.380. The first-order valence-electron chi connectivity index (χ1n) is 5.08. The first-order chi connectivity index (χ1) is 8.66. The van der Waals surface area contributed by atoms with E-state index in [1.54, 1.807) is 35.0 Å². The van der Waals surface area contributed by atoms with Crippen LogP contribution in [-0.4, -0.2) is 19.8 Å². The van der Waals surface area contributed by atoms with Crippen LogP contribution >= 0.6 is 23.2 Å². The molecule has 5 nitrogen and oxygen atoms in total. The van der Waals surface area contributed by atoms with Crippen LogP contribution in [0.1, 0.15) is 0 Å². The molecular formula is C11H7Cl2N5. The molecule has 18 heavy (non-hydrogen) atoms. The Kier molecular flexibility index (Phi) is 2.57. The summed E-state index contributed by atoms with van der Waals surface area (Å²) in [7, 11) is 0. The van der Waals surface area contributed by atoms with Gasteiger partial charge in [0.15, 0.2) is 11.5 Å². The van der Waals surface area contributed by atoms with Crippen molar-refractivity contribution in [3.8, 4) is 11.4 Å². The monoisotopic (exact) mass is 279 g/mol. The SMILES string of the molecule is Nc1c(Cl)cc(Cl)cc1-c1nnc2cccnn12. The highest BCUT2D eigenvalue weighted by atomic mass is 35.5. The van der Waals surface area contributed by atoms with Crippen LogP contribution in [0.3, 0.4) is 0 Å². The number of fused-ring (bicyclic) bond motifs is 1. The highest BCUT2D eigenvalue weighted by molar-refractivity contribution is 6.37. The summed E-state index contributed by atoms with van der Waals surface area (Å²) in [6.07, 6.45) is 1.64. The average molecular weight is 280 g/mol. The number of benzene rings is 1. The van der Waals surface area contributed by atoms with Crippen LogP contribution in [0, 0.1) is 0 Å². The van der Waals surface area contributed by atoms with Gasteiger partial charge in [-0.05, 0) is 24.3 Å². The van der Waals surface area contributed by atoms with Crippen LogP contribution in [0.4, 0.5) is 5.69 Å². The standard InChI is InChI=1S/C11H7Cl2N5/c12-6-4-7(10(14)8(13)5-6)11-17-16-9-2-1-3-15-18(9)11/h1-5H,14H2. The summed E-state index contributed by atoms with van der Waals surface area (Å²) in [5.74, 6) is 0.507. The Labute approximate surface area is 112 Å². The van der Waals surface area contributed by atoms with Crippen molar-refractivity contribution >= 4 is 34.5 Å². The van der Waals surface area contributed by atoms with Gasteiger partial charge in [-0.3, -0.25) is 0 Å². The van der Waals surface area contributed by atoms with Crippen molar-refractivity contribution in [2.45, 2.75) is 0 Å². The Morgan fingerprint density at radius 2 is 2.00 bits per heavy atom. The summed E-state index contributed by atoms with van der Waals surface area (Å²) in [6.45, 7) is 0. The van der Waals surface area contributed by atoms with Crippen molar-refractivity contribution in [3.63, 3.8) is 0 Å². The van der Waals surface area contributed by atoms with Crippen LogP contribution in [0.2, 0.25) is 10.0 Å². The van der Waals surface area contributed by atoms with Crippen LogP contribution in [0.15, 0.2) is 30.5 Å². The Balaban J connectivity index is 2.33. The van der Waals surface area contributed by atoms with E-state index in [0.29, 0.717) is 32.8 Å². The third-order valence-electron chi connectivity index (χ3n) is 2.51. The maximum Gasteiger partial charge on any atom is 0.187 e. The van der Waals surface area contributed by atoms with Crippen LogP contribution < -0.4 is 5.73 Å². The van der Waals surface area contributed by atoms with Crippen molar-refractivity contribution in [3.05, 3.63) is 40.5 Å². The van der Waals surface area contributed by atoms with E-state index in [-0.39, 0.29) is 0 Å². The highest BCUT2D eigenvalue weighted by Crippen LogP contribution is 2.33. The maximum absolute atomic E-state index is 6.00. The van der Waals surface area contributed by atoms with Gasteiger partial charge in [-0.2, -0.15) is 9.61 Å². The van der Waals surface area contributed by atoms with Gasteiger partial charge in [-0.25, -0.2) is 0 Å². The smallest absolute Gasteiger partial charge is 0.187 e. The number of hydrogen-bond acceptors (Lipinski definition) is 4. The lowest BCUT2D eigenvalue weighted by atomic mass is 10.1. The number of nitrogen functional groups attached to an aromatic ring is 1. The molecular weight excluding hydrogens is 273 g/mol. The van der Waals surface area contributed by atoms with Crippen LogP contribution in [0.5, 0.6) is 0 Å². The highest BCUT2D eigenvalue weighted by Gasteiger charge is 2.14. The molecule has 90 valence electrons. The van der Waals surface area contributed by atoms with Crippen molar-refractivity contribution in [2.75, 3.05) is 5.73 Å². The predicted octanol–water partition coefficient (Wildman–Crippen LogP) is 2.68. The fourth-order valence-electron chi connectivity index (χ4n) is 1.68. The van der Waals surface area contributed by atoms with Crippen molar-refractivity contribution in [2.24, 2.45) is 0 Å². The van der Waals surface area contributed by atoms with E-state index in [0.717, 1.165) is 0 Å². The van der Waals surface area contributed by atoms with Crippen molar-refractivity contribution in [1.82, 2.24) is 19.8 Å². The van der Waals surface area contributed by atoms with Gasteiger partial charge in [0.05, 0.1) is 10.7 Å². The minimum Gasteiger partial charge on any atom is -0.397 e. The predicted molar refractivity (Wildman–Crippen MR) is 70.7 cm³/mol. The van der Waals surface area contributed by atoms with Gasteiger partial charge in [0.1, 0.15) is 0 Å². The Bertz CT molecular complexity index is 737. The lowest BCUT2D eigenvalue weighted by molar-refractivity contribution is 0.936. The van der Waals surface area contributed by atoms with E-state index >= 15 is 0 Å². The quantitative estimate of drug-likeness (QED) is 0.696. The van der Waals surface area contributed by atoms with E-state index in [9.17, 15) is 0 Å². The zero-order valence-electron chi connectivity index (χ0n) is 9.01. The third kappa shape index (κ3) is 1.68. The molecule has 2 N–H and O–H groups in total. The molecule has 0 unspecified atom stereocenters. The van der Waals surface area contributed by atoms with E-state index < -0.39 is 0 Å². The van der Waals surface area contributed by atoms with Crippen LogP contribution in [-0.2, 0) is 0 Å². The molecule has 0 bridgehead atoms. The molecule has 2 aromatic heterocycles. The van der Waals surface area contributed by atoms with Crippen LogP contribution in [0.25, 0.3) is 17.0 Å². The number of nitrogens with zero attached hydrogens (tertiary/aromatic N) is 4. The second-order valence-electron chi connectivity index (χ2n) is 3.67. The zero-order chi connectivity index (χ0) is 12.7. The molecule has 0 aliphatic carbocycles. The molecule has 0 aliphatic rings. The molecule has 0 fully saturated rings. The summed E-state index contributed by atoms with van der Waals surface area (Å²) < 4.78 is 1.58. The normalized spacial score (nSPS) is 11.0. The molecule has 0 saturated carbocycles. The molecule has 3 rings (SSSR count). The molecule has 0 radical (unpaired) electrons. The van der Waals surface area contributed by atoms with Gasteiger partial charge in [0.25, 0.3) is 0 Å². The van der Waals surface area contributed by atoms with Gasteiger partial charge >= 0.3 is 0 Å². The third-order valence-corrected chi connectivity index (χ3v) is 3.04. The molecule has 7 heteroatoms. The van der Waals surface area contributed by atoms with Gasteiger partial charge in [-0.1, -0.05) is 23.2 Å². The fraction of sp³-hybridized carbons (Fsp3) is 0. The van der Waals surface area contributed by atoms with Gasteiger partial charge in [-0.15, -0.1) is 10.2 Å². The summed E-state index contributed by atoms with van der Waals surface area (Å²) >= 11 is 12.0. The van der Waals surface area contributed by atoms with Gasteiger partial charge in [0.2, 0.25) is 0 Å². The Hall–Kier alpha value is -1.85. The Morgan fingerprint density at radius 3 is 2.83 bits per heavy atom. The average Bonchev–Trinajstić information content (AvgIpc) is 2.77. The number of anilines is 1. The summed E-state index contributed by atoms with van der Waals surface area (Å²) in [6, 6.07) is 6.85. The number of halogens is 2. The topological polar surface area (TPSA) is 69.1 Å². The van der Waals surface area contributed by atoms with E-state index in [4.69, 9.17) is 28.9 Å². The minimum absolute atomic E-state index is 0.380. The molecule has 1 aromatic carbocycles. The Morgan fingerprint density at radius 1 is 1.17 bits per heavy atom. The largest absolute Gasteiger partial charge is 0.397 e. The van der Waals surface area contributed by atoms with Gasteiger partial charge < -0.3 is 5.73 Å². The van der Waals surface area contributed by atoms with E-state index in [2.05, 4.69) is 15.3 Å². The zero-order valence-corrected chi connectivity index (χ0v) is 10.5.